The van der Waals surface area contributed by atoms with Crippen LogP contribution in [0.3, 0.4) is 0 Å². The minimum atomic E-state index is -0.345. The van der Waals surface area contributed by atoms with Crippen LogP contribution in [0.5, 0.6) is 0 Å². The van der Waals surface area contributed by atoms with Crippen LogP contribution in [0.25, 0.3) is 0 Å². The van der Waals surface area contributed by atoms with E-state index in [4.69, 9.17) is 4.74 Å². The molecule has 0 aliphatic carbocycles. The van der Waals surface area contributed by atoms with Crippen molar-refractivity contribution in [3.8, 4) is 0 Å². The molecule has 19 heavy (non-hydrogen) atoms. The van der Waals surface area contributed by atoms with E-state index in [1.165, 1.54) is 24.3 Å². The first-order valence-corrected chi connectivity index (χ1v) is 6.07. The summed E-state index contributed by atoms with van der Waals surface area (Å²) in [6.07, 6.45) is -0.0367. The van der Waals surface area contributed by atoms with Crippen molar-refractivity contribution >= 4 is 5.78 Å². The normalized spacial score (nSPS) is 12.1. The number of methoxy groups -OCH3 is 1. The average Bonchev–Trinajstić information content (AvgIpc) is 2.46. The molecule has 98 valence electrons. The second kappa shape index (κ2) is 6.25. The SMILES string of the molecule is COC(CC(=O)c1ccc(F)cc1)c1ccccc1. The molecule has 2 aromatic carbocycles. The zero-order valence-corrected chi connectivity index (χ0v) is 10.7. The van der Waals surface area contributed by atoms with Gasteiger partial charge < -0.3 is 4.74 Å². The van der Waals surface area contributed by atoms with E-state index in [0.29, 0.717) is 5.56 Å². The molecule has 0 heterocycles. The van der Waals surface area contributed by atoms with Crippen molar-refractivity contribution in [2.24, 2.45) is 0 Å². The summed E-state index contributed by atoms with van der Waals surface area (Å²) < 4.78 is 18.2. The monoisotopic (exact) mass is 258 g/mol. The molecule has 0 saturated heterocycles. The fraction of sp³-hybridized carbons (Fsp3) is 0.188. The molecule has 0 radical (unpaired) electrons. The van der Waals surface area contributed by atoms with Gasteiger partial charge in [-0.1, -0.05) is 30.3 Å². The van der Waals surface area contributed by atoms with Crippen LogP contribution in [0.2, 0.25) is 0 Å². The van der Waals surface area contributed by atoms with Crippen LogP contribution in [-0.2, 0) is 4.74 Å². The maximum absolute atomic E-state index is 12.8. The summed E-state index contributed by atoms with van der Waals surface area (Å²) in [5, 5.41) is 0. The molecule has 0 N–H and O–H groups in total. The van der Waals surface area contributed by atoms with Gasteiger partial charge in [-0.05, 0) is 29.8 Å². The van der Waals surface area contributed by atoms with Gasteiger partial charge in [0.05, 0.1) is 6.10 Å². The largest absolute Gasteiger partial charge is 0.376 e. The first-order chi connectivity index (χ1) is 9.20. The molecule has 0 fully saturated rings. The summed E-state index contributed by atoms with van der Waals surface area (Å²) in [7, 11) is 1.58. The van der Waals surface area contributed by atoms with Crippen molar-refractivity contribution in [3.05, 3.63) is 71.5 Å². The Labute approximate surface area is 111 Å². The Morgan fingerprint density at radius 2 is 1.74 bits per heavy atom. The minimum Gasteiger partial charge on any atom is -0.376 e. The van der Waals surface area contributed by atoms with Crippen LogP contribution >= 0.6 is 0 Å². The third-order valence-electron chi connectivity index (χ3n) is 2.99. The van der Waals surface area contributed by atoms with E-state index in [0.717, 1.165) is 5.56 Å². The molecule has 2 nitrogen and oxygen atoms in total. The van der Waals surface area contributed by atoms with Crippen molar-refractivity contribution in [1.82, 2.24) is 0 Å². The van der Waals surface area contributed by atoms with Crippen molar-refractivity contribution in [2.75, 3.05) is 7.11 Å². The molecule has 0 amide bonds. The first kappa shape index (κ1) is 13.4. The number of carbonyl (C=O) groups excluding carboxylic acids is 1. The van der Waals surface area contributed by atoms with Gasteiger partial charge in [0, 0.05) is 19.1 Å². The summed E-state index contributed by atoms with van der Waals surface area (Å²) in [5.74, 6) is -0.404. The van der Waals surface area contributed by atoms with E-state index in [2.05, 4.69) is 0 Å². The van der Waals surface area contributed by atoms with Crippen molar-refractivity contribution in [2.45, 2.75) is 12.5 Å². The molecule has 0 saturated carbocycles. The lowest BCUT2D eigenvalue weighted by molar-refractivity contribution is 0.0730. The summed E-state index contributed by atoms with van der Waals surface area (Å²) in [6.45, 7) is 0. The zero-order valence-electron chi connectivity index (χ0n) is 10.7. The summed E-state index contributed by atoms with van der Waals surface area (Å²) >= 11 is 0. The standard InChI is InChI=1S/C16H15FO2/c1-19-16(13-5-3-2-4-6-13)11-15(18)12-7-9-14(17)10-8-12/h2-10,16H,11H2,1H3. The van der Waals surface area contributed by atoms with Crippen molar-refractivity contribution in [3.63, 3.8) is 0 Å². The lowest BCUT2D eigenvalue weighted by atomic mass is 10.00. The molecule has 0 spiro atoms. The Kier molecular flexibility index (Phi) is 4.42. The Morgan fingerprint density at radius 3 is 2.32 bits per heavy atom. The van der Waals surface area contributed by atoms with Gasteiger partial charge in [0.2, 0.25) is 0 Å². The average molecular weight is 258 g/mol. The molecule has 0 bridgehead atoms. The van der Waals surface area contributed by atoms with Crippen LogP contribution in [0.15, 0.2) is 54.6 Å². The van der Waals surface area contributed by atoms with E-state index in [1.54, 1.807) is 7.11 Å². The topological polar surface area (TPSA) is 26.3 Å². The molecule has 2 aromatic rings. The third-order valence-corrected chi connectivity index (χ3v) is 2.99. The Bertz CT molecular complexity index is 534. The van der Waals surface area contributed by atoms with E-state index in [-0.39, 0.29) is 24.1 Å². The lowest BCUT2D eigenvalue weighted by Crippen LogP contribution is -2.09. The van der Waals surface area contributed by atoms with Gasteiger partial charge in [-0.2, -0.15) is 0 Å². The van der Waals surface area contributed by atoms with Gasteiger partial charge in [0.25, 0.3) is 0 Å². The fourth-order valence-corrected chi connectivity index (χ4v) is 1.93. The summed E-state index contributed by atoms with van der Waals surface area (Å²) in [5.41, 5.74) is 1.46. The highest BCUT2D eigenvalue weighted by molar-refractivity contribution is 5.96. The van der Waals surface area contributed by atoms with Crippen LogP contribution in [0.1, 0.15) is 28.4 Å². The number of ketones is 1. The Hall–Kier alpha value is -2.00. The molecule has 3 heteroatoms. The number of halogens is 1. The maximum atomic E-state index is 12.8. The summed E-state index contributed by atoms with van der Waals surface area (Å²) in [4.78, 5) is 12.1. The number of carbonyl (C=O) groups is 1. The highest BCUT2D eigenvalue weighted by Gasteiger charge is 2.16. The number of rotatable bonds is 5. The van der Waals surface area contributed by atoms with Gasteiger partial charge in [-0.3, -0.25) is 4.79 Å². The molecule has 1 unspecified atom stereocenters. The molecule has 0 aliphatic rings. The van der Waals surface area contributed by atoms with E-state index < -0.39 is 0 Å². The number of Topliss-reactive ketones (excluding diaryl/α,β-unsaturated/α-hetero) is 1. The highest BCUT2D eigenvalue weighted by Crippen LogP contribution is 2.22. The molecule has 0 aliphatic heterocycles. The van der Waals surface area contributed by atoms with E-state index in [9.17, 15) is 9.18 Å². The smallest absolute Gasteiger partial charge is 0.165 e. The highest BCUT2D eigenvalue weighted by atomic mass is 19.1. The molecule has 2 rings (SSSR count). The molecule has 0 aromatic heterocycles. The van der Waals surface area contributed by atoms with Crippen LogP contribution in [0, 0.1) is 5.82 Å². The second-order valence-corrected chi connectivity index (χ2v) is 4.27. The van der Waals surface area contributed by atoms with Gasteiger partial charge >= 0.3 is 0 Å². The third kappa shape index (κ3) is 3.48. The zero-order chi connectivity index (χ0) is 13.7. The molecule has 1 atom stereocenters. The number of hydrogen-bond donors (Lipinski definition) is 0. The molecular weight excluding hydrogens is 243 g/mol. The van der Waals surface area contributed by atoms with Gasteiger partial charge in [0.1, 0.15) is 5.82 Å². The molecular formula is C16H15FO2. The van der Waals surface area contributed by atoms with Crippen molar-refractivity contribution in [1.29, 1.82) is 0 Å². The lowest BCUT2D eigenvalue weighted by Gasteiger charge is -2.14. The first-order valence-electron chi connectivity index (χ1n) is 6.07. The minimum absolute atomic E-state index is 0.0595. The maximum Gasteiger partial charge on any atom is 0.165 e. The number of benzene rings is 2. The number of ether oxygens (including phenoxy) is 1. The van der Waals surface area contributed by atoms with Crippen LogP contribution < -0.4 is 0 Å². The van der Waals surface area contributed by atoms with Gasteiger partial charge in [-0.25, -0.2) is 4.39 Å². The predicted octanol–water partition coefficient (Wildman–Crippen LogP) is 3.79. The quantitative estimate of drug-likeness (QED) is 0.763. The summed E-state index contributed by atoms with van der Waals surface area (Å²) in [6, 6.07) is 15.1. The van der Waals surface area contributed by atoms with Gasteiger partial charge in [0.15, 0.2) is 5.78 Å². The van der Waals surface area contributed by atoms with Gasteiger partial charge in [-0.15, -0.1) is 0 Å². The Balaban J connectivity index is 2.10. The fourth-order valence-electron chi connectivity index (χ4n) is 1.93. The number of hydrogen-bond acceptors (Lipinski definition) is 2. The van der Waals surface area contributed by atoms with Crippen LogP contribution in [-0.4, -0.2) is 12.9 Å². The predicted molar refractivity (Wildman–Crippen MR) is 71.5 cm³/mol. The van der Waals surface area contributed by atoms with Crippen LogP contribution in [0.4, 0.5) is 4.39 Å². The Morgan fingerprint density at radius 1 is 1.11 bits per heavy atom. The van der Waals surface area contributed by atoms with Crippen molar-refractivity contribution < 1.29 is 13.9 Å². The van der Waals surface area contributed by atoms with E-state index in [1.807, 2.05) is 30.3 Å². The second-order valence-electron chi connectivity index (χ2n) is 4.27. The van der Waals surface area contributed by atoms with E-state index >= 15 is 0 Å².